The highest BCUT2D eigenvalue weighted by Crippen LogP contribution is 2.24. The van der Waals surface area contributed by atoms with Crippen LogP contribution in [0.15, 0.2) is 18.2 Å². The molecule has 1 rings (SSSR count). The van der Waals surface area contributed by atoms with Gasteiger partial charge in [-0.05, 0) is 58.0 Å². The fourth-order valence-corrected chi connectivity index (χ4v) is 1.58. The fraction of sp³-hybridized carbons (Fsp3) is 0.538. The van der Waals surface area contributed by atoms with Crippen LogP contribution < -0.4 is 15.8 Å². The Balaban J connectivity index is 2.60. The van der Waals surface area contributed by atoms with Gasteiger partial charge in [0.05, 0.1) is 11.8 Å². The lowest BCUT2D eigenvalue weighted by molar-refractivity contribution is 0.244. The van der Waals surface area contributed by atoms with Gasteiger partial charge in [-0.3, -0.25) is 0 Å². The number of nitrogen functional groups attached to an aromatic ring is 1. The predicted octanol–water partition coefficient (Wildman–Crippen LogP) is 2.21. The summed E-state index contributed by atoms with van der Waals surface area (Å²) in [6.07, 6.45) is 2.34. The van der Waals surface area contributed by atoms with Crippen molar-refractivity contribution in [2.45, 2.75) is 32.8 Å². The van der Waals surface area contributed by atoms with Gasteiger partial charge >= 0.3 is 0 Å². The Kier molecular flexibility index (Phi) is 5.12. The van der Waals surface area contributed by atoms with Gasteiger partial charge in [0.15, 0.2) is 0 Å². The Bertz CT molecular complexity index is 324. The zero-order valence-corrected chi connectivity index (χ0v) is 10.4. The van der Waals surface area contributed by atoms with Crippen molar-refractivity contribution >= 4 is 5.69 Å². The van der Waals surface area contributed by atoms with E-state index in [0.29, 0.717) is 0 Å². The third kappa shape index (κ3) is 4.11. The van der Waals surface area contributed by atoms with Crippen molar-refractivity contribution in [3.63, 3.8) is 0 Å². The summed E-state index contributed by atoms with van der Waals surface area (Å²) in [6, 6.07) is 6.06. The minimum Gasteiger partial charge on any atom is -0.489 e. The van der Waals surface area contributed by atoms with E-state index in [4.69, 9.17) is 10.5 Å². The molecule has 0 aliphatic heterocycles. The molecule has 0 unspecified atom stereocenters. The summed E-state index contributed by atoms with van der Waals surface area (Å²) in [6.45, 7) is 5.03. The number of nitrogens with one attached hydrogen (secondary N) is 1. The summed E-state index contributed by atoms with van der Waals surface area (Å²) < 4.78 is 5.59. The standard InChI is InChI=1S/C13H22N2O/c1-10(2)16-13-7-6-11(9-12(13)14)5-4-8-15-3/h6-7,9-10,15H,4-5,8,14H2,1-3H3. The van der Waals surface area contributed by atoms with Gasteiger partial charge in [0.1, 0.15) is 5.75 Å². The van der Waals surface area contributed by atoms with Gasteiger partial charge in [-0.1, -0.05) is 6.07 Å². The van der Waals surface area contributed by atoms with Crippen LogP contribution in [0, 0.1) is 0 Å². The van der Waals surface area contributed by atoms with Crippen LogP contribution in [0.3, 0.4) is 0 Å². The molecular formula is C13H22N2O. The molecule has 16 heavy (non-hydrogen) atoms. The Morgan fingerprint density at radius 1 is 1.38 bits per heavy atom. The Labute approximate surface area is 98.0 Å². The number of nitrogens with two attached hydrogens (primary N) is 1. The molecule has 0 spiro atoms. The van der Waals surface area contributed by atoms with E-state index in [2.05, 4.69) is 11.4 Å². The summed E-state index contributed by atoms with van der Waals surface area (Å²) in [5, 5.41) is 3.13. The minimum absolute atomic E-state index is 0.164. The second kappa shape index (κ2) is 6.38. The van der Waals surface area contributed by atoms with Crippen LogP contribution in [0.5, 0.6) is 5.75 Å². The molecule has 0 saturated heterocycles. The number of anilines is 1. The zero-order valence-electron chi connectivity index (χ0n) is 10.4. The van der Waals surface area contributed by atoms with Crippen LogP contribution in [0.25, 0.3) is 0 Å². The summed E-state index contributed by atoms with van der Waals surface area (Å²) >= 11 is 0. The number of aryl methyl sites for hydroxylation is 1. The van der Waals surface area contributed by atoms with Crippen LogP contribution in [0.1, 0.15) is 25.8 Å². The third-order valence-electron chi connectivity index (χ3n) is 2.33. The first-order valence-corrected chi connectivity index (χ1v) is 5.83. The number of ether oxygens (including phenoxy) is 1. The third-order valence-corrected chi connectivity index (χ3v) is 2.33. The molecule has 0 aromatic heterocycles. The largest absolute Gasteiger partial charge is 0.489 e. The molecule has 3 nitrogen and oxygen atoms in total. The van der Waals surface area contributed by atoms with E-state index >= 15 is 0 Å². The monoisotopic (exact) mass is 222 g/mol. The van der Waals surface area contributed by atoms with E-state index in [0.717, 1.165) is 30.8 Å². The Morgan fingerprint density at radius 2 is 2.12 bits per heavy atom. The summed E-state index contributed by atoms with van der Waals surface area (Å²) in [4.78, 5) is 0. The molecule has 3 heteroatoms. The second-order valence-electron chi connectivity index (χ2n) is 4.25. The number of benzene rings is 1. The molecule has 0 bridgehead atoms. The fourth-order valence-electron chi connectivity index (χ4n) is 1.58. The second-order valence-corrected chi connectivity index (χ2v) is 4.25. The first kappa shape index (κ1) is 12.8. The molecule has 0 atom stereocenters. The average Bonchev–Trinajstić information content (AvgIpc) is 2.22. The molecule has 1 aromatic rings. The number of hydrogen-bond acceptors (Lipinski definition) is 3. The van der Waals surface area contributed by atoms with E-state index in [9.17, 15) is 0 Å². The maximum atomic E-state index is 5.93. The highest BCUT2D eigenvalue weighted by Gasteiger charge is 2.03. The van der Waals surface area contributed by atoms with Crippen molar-refractivity contribution < 1.29 is 4.74 Å². The van der Waals surface area contributed by atoms with Crippen molar-refractivity contribution in [3.8, 4) is 5.75 Å². The van der Waals surface area contributed by atoms with Crippen molar-refractivity contribution in [3.05, 3.63) is 23.8 Å². The first-order chi connectivity index (χ1) is 7.63. The van der Waals surface area contributed by atoms with Crippen molar-refractivity contribution in [1.82, 2.24) is 5.32 Å². The van der Waals surface area contributed by atoms with Crippen LogP contribution in [-0.2, 0) is 6.42 Å². The lowest BCUT2D eigenvalue weighted by Gasteiger charge is -2.13. The molecule has 0 fully saturated rings. The number of hydrogen-bond donors (Lipinski definition) is 2. The van der Waals surface area contributed by atoms with E-state index in [-0.39, 0.29) is 6.10 Å². The average molecular weight is 222 g/mol. The van der Waals surface area contributed by atoms with Crippen LogP contribution >= 0.6 is 0 Å². The summed E-state index contributed by atoms with van der Waals surface area (Å²) in [5.74, 6) is 0.785. The van der Waals surface area contributed by atoms with Gasteiger partial charge < -0.3 is 15.8 Å². The summed E-state index contributed by atoms with van der Waals surface area (Å²) in [5.41, 5.74) is 7.93. The van der Waals surface area contributed by atoms with E-state index in [1.54, 1.807) is 0 Å². The quantitative estimate of drug-likeness (QED) is 0.573. The summed E-state index contributed by atoms with van der Waals surface area (Å²) in [7, 11) is 1.97. The normalized spacial score (nSPS) is 10.8. The lowest BCUT2D eigenvalue weighted by atomic mass is 10.1. The predicted molar refractivity (Wildman–Crippen MR) is 68.9 cm³/mol. The van der Waals surface area contributed by atoms with Crippen molar-refractivity contribution in [2.75, 3.05) is 19.3 Å². The molecule has 0 heterocycles. The molecular weight excluding hydrogens is 200 g/mol. The molecule has 0 radical (unpaired) electrons. The van der Waals surface area contributed by atoms with Gasteiger partial charge in [0.25, 0.3) is 0 Å². The molecule has 90 valence electrons. The molecule has 0 saturated carbocycles. The topological polar surface area (TPSA) is 47.3 Å². The maximum absolute atomic E-state index is 5.93. The van der Waals surface area contributed by atoms with Crippen LogP contribution in [0.4, 0.5) is 5.69 Å². The van der Waals surface area contributed by atoms with Gasteiger partial charge in [-0.25, -0.2) is 0 Å². The van der Waals surface area contributed by atoms with Gasteiger partial charge in [0, 0.05) is 0 Å². The van der Waals surface area contributed by atoms with E-state index in [1.165, 1.54) is 5.56 Å². The minimum atomic E-state index is 0.164. The molecule has 0 aliphatic rings. The van der Waals surface area contributed by atoms with Crippen molar-refractivity contribution in [1.29, 1.82) is 0 Å². The van der Waals surface area contributed by atoms with E-state index in [1.807, 2.05) is 33.0 Å². The molecule has 1 aromatic carbocycles. The number of rotatable bonds is 6. The SMILES string of the molecule is CNCCCc1ccc(OC(C)C)c(N)c1. The Hall–Kier alpha value is -1.22. The highest BCUT2D eigenvalue weighted by molar-refractivity contribution is 5.54. The van der Waals surface area contributed by atoms with Gasteiger partial charge in [-0.15, -0.1) is 0 Å². The lowest BCUT2D eigenvalue weighted by Crippen LogP contribution is -2.09. The van der Waals surface area contributed by atoms with Crippen LogP contribution in [0.2, 0.25) is 0 Å². The molecule has 3 N–H and O–H groups in total. The zero-order chi connectivity index (χ0) is 12.0. The van der Waals surface area contributed by atoms with Crippen LogP contribution in [-0.4, -0.2) is 19.7 Å². The first-order valence-electron chi connectivity index (χ1n) is 5.83. The maximum Gasteiger partial charge on any atom is 0.142 e. The Morgan fingerprint density at radius 3 is 2.69 bits per heavy atom. The van der Waals surface area contributed by atoms with Gasteiger partial charge in [-0.2, -0.15) is 0 Å². The smallest absolute Gasteiger partial charge is 0.142 e. The molecule has 0 amide bonds. The highest BCUT2D eigenvalue weighted by atomic mass is 16.5. The van der Waals surface area contributed by atoms with E-state index < -0.39 is 0 Å². The van der Waals surface area contributed by atoms with Gasteiger partial charge in [0.2, 0.25) is 0 Å². The molecule has 0 aliphatic carbocycles. The van der Waals surface area contributed by atoms with Crippen molar-refractivity contribution in [2.24, 2.45) is 0 Å².